The molecular weight excluding hydrogens is 348 g/mol. The first-order valence-electron chi connectivity index (χ1n) is 8.46. The van der Waals surface area contributed by atoms with Gasteiger partial charge in [-0.15, -0.1) is 0 Å². The lowest BCUT2D eigenvalue weighted by Crippen LogP contribution is -2.17. The molecule has 2 aromatic carbocycles. The number of carbonyl (C=O) groups is 1. The predicted molar refractivity (Wildman–Crippen MR) is 99.3 cm³/mol. The second-order valence-corrected chi connectivity index (χ2v) is 5.95. The van der Waals surface area contributed by atoms with Crippen LogP contribution in [0.5, 0.6) is 17.2 Å². The van der Waals surface area contributed by atoms with Crippen LogP contribution in [-0.4, -0.2) is 31.3 Å². The van der Waals surface area contributed by atoms with Gasteiger partial charge in [0.25, 0.3) is 0 Å². The molecule has 0 aliphatic carbocycles. The highest BCUT2D eigenvalue weighted by molar-refractivity contribution is 6.06. The van der Waals surface area contributed by atoms with Gasteiger partial charge in [-0.1, -0.05) is 30.3 Å². The van der Waals surface area contributed by atoms with Crippen molar-refractivity contribution in [1.29, 1.82) is 0 Å². The minimum atomic E-state index is -0.624. The number of nitrogens with zero attached hydrogens (tertiary/aromatic N) is 1. The van der Waals surface area contributed by atoms with Crippen molar-refractivity contribution >= 4 is 22.6 Å². The Labute approximate surface area is 155 Å². The minimum Gasteiger partial charge on any atom is -0.486 e. The Morgan fingerprint density at radius 2 is 1.93 bits per heavy atom. The molecule has 0 spiro atoms. The zero-order valence-electron chi connectivity index (χ0n) is 14.7. The summed E-state index contributed by atoms with van der Waals surface area (Å²) in [5, 5.41) is 1.17. The number of benzene rings is 2. The third-order valence-corrected chi connectivity index (χ3v) is 4.26. The van der Waals surface area contributed by atoms with E-state index in [0.29, 0.717) is 41.2 Å². The second-order valence-electron chi connectivity index (χ2n) is 5.95. The fourth-order valence-electron chi connectivity index (χ4n) is 3.02. The van der Waals surface area contributed by atoms with E-state index >= 15 is 0 Å². The predicted octanol–water partition coefficient (Wildman–Crippen LogP) is 2.95. The topological polar surface area (TPSA) is 92.9 Å². The van der Waals surface area contributed by atoms with E-state index in [1.807, 2.05) is 30.3 Å². The first-order chi connectivity index (χ1) is 13.2. The Kier molecular flexibility index (Phi) is 4.42. The van der Waals surface area contributed by atoms with Gasteiger partial charge in [-0.05, 0) is 17.7 Å². The number of esters is 1. The molecule has 7 heteroatoms. The molecule has 0 bridgehead atoms. The molecule has 4 rings (SSSR count). The number of methoxy groups -OCH3 is 1. The number of anilines is 1. The first-order valence-corrected chi connectivity index (χ1v) is 8.46. The summed E-state index contributed by atoms with van der Waals surface area (Å²) in [6.45, 7) is 1.13. The first kappa shape index (κ1) is 17.0. The molecule has 3 aromatic rings. The molecule has 0 radical (unpaired) electrons. The molecule has 1 aliphatic heterocycles. The highest BCUT2D eigenvalue weighted by Crippen LogP contribution is 2.44. The number of hydrogen-bond acceptors (Lipinski definition) is 7. The number of nitrogen functional groups attached to an aromatic ring is 1. The molecule has 0 saturated carbocycles. The summed E-state index contributed by atoms with van der Waals surface area (Å²) >= 11 is 0. The molecule has 138 valence electrons. The monoisotopic (exact) mass is 366 g/mol. The van der Waals surface area contributed by atoms with E-state index in [1.165, 1.54) is 7.11 Å². The number of ether oxygens (including phenoxy) is 4. The number of nitrogens with two attached hydrogens (primary N) is 1. The Balaban J connectivity index is 1.87. The van der Waals surface area contributed by atoms with Crippen molar-refractivity contribution in [3.8, 4) is 17.2 Å². The van der Waals surface area contributed by atoms with Crippen molar-refractivity contribution in [3.05, 3.63) is 53.7 Å². The maximum absolute atomic E-state index is 12.3. The third-order valence-electron chi connectivity index (χ3n) is 4.26. The molecule has 0 atom stereocenters. The number of fused-ring (bicyclic) bond motifs is 3. The quantitative estimate of drug-likeness (QED) is 0.710. The lowest BCUT2D eigenvalue weighted by atomic mass is 10.1. The number of carbonyl (C=O) groups excluding carboxylic acids is 1. The second kappa shape index (κ2) is 7.03. The van der Waals surface area contributed by atoms with Crippen molar-refractivity contribution in [2.45, 2.75) is 6.61 Å². The maximum atomic E-state index is 12.3. The van der Waals surface area contributed by atoms with Gasteiger partial charge in [0.15, 0.2) is 22.9 Å². The Bertz CT molecular complexity index is 1000. The van der Waals surface area contributed by atoms with Crippen LogP contribution in [0, 0.1) is 0 Å². The molecule has 27 heavy (non-hydrogen) atoms. The highest BCUT2D eigenvalue weighted by Gasteiger charge is 2.25. The molecule has 0 saturated heterocycles. The lowest BCUT2D eigenvalue weighted by Gasteiger charge is -2.22. The number of rotatable bonds is 4. The van der Waals surface area contributed by atoms with Gasteiger partial charge in [-0.3, -0.25) is 0 Å². The van der Waals surface area contributed by atoms with Crippen molar-refractivity contribution in [2.24, 2.45) is 0 Å². The van der Waals surface area contributed by atoms with Crippen LogP contribution >= 0.6 is 0 Å². The summed E-state index contributed by atoms with van der Waals surface area (Å²) < 4.78 is 22.2. The van der Waals surface area contributed by atoms with Gasteiger partial charge in [0.2, 0.25) is 0 Å². The standard InChI is InChI=1S/C20H18N2O5/c1-24-20(23)16-17(27-11-12-5-3-2-4-6-12)13-7-8-14-18(26-10-9-25-14)15(13)19(21)22-16/h2-8H,9-11H2,1H3,(H2,21,22). The zero-order chi connectivity index (χ0) is 18.8. The molecule has 7 nitrogen and oxygen atoms in total. The number of aromatic nitrogens is 1. The van der Waals surface area contributed by atoms with Crippen molar-refractivity contribution in [1.82, 2.24) is 4.98 Å². The van der Waals surface area contributed by atoms with Crippen LogP contribution in [0.2, 0.25) is 0 Å². The molecule has 1 aromatic heterocycles. The van der Waals surface area contributed by atoms with Crippen molar-refractivity contribution < 1.29 is 23.7 Å². The van der Waals surface area contributed by atoms with Crippen LogP contribution in [0.25, 0.3) is 10.8 Å². The SMILES string of the molecule is COC(=O)c1nc(N)c2c3c(ccc2c1OCc1ccccc1)OCCO3. The molecule has 1 aliphatic rings. The largest absolute Gasteiger partial charge is 0.486 e. The van der Waals surface area contributed by atoms with Gasteiger partial charge < -0.3 is 24.7 Å². The van der Waals surface area contributed by atoms with Crippen LogP contribution in [0.1, 0.15) is 16.1 Å². The minimum absolute atomic E-state index is 0.0232. The third kappa shape index (κ3) is 3.08. The van der Waals surface area contributed by atoms with Crippen LogP contribution in [-0.2, 0) is 11.3 Å². The fraction of sp³-hybridized carbons (Fsp3) is 0.200. The fourth-order valence-corrected chi connectivity index (χ4v) is 3.02. The molecule has 0 unspecified atom stereocenters. The molecule has 2 N–H and O–H groups in total. The van der Waals surface area contributed by atoms with Crippen molar-refractivity contribution in [2.75, 3.05) is 26.1 Å². The highest BCUT2D eigenvalue weighted by atomic mass is 16.6. The van der Waals surface area contributed by atoms with Gasteiger partial charge in [0.1, 0.15) is 25.6 Å². The number of pyridine rings is 1. The van der Waals surface area contributed by atoms with Crippen molar-refractivity contribution in [3.63, 3.8) is 0 Å². The maximum Gasteiger partial charge on any atom is 0.360 e. The molecule has 0 amide bonds. The van der Waals surface area contributed by atoms with Gasteiger partial charge >= 0.3 is 5.97 Å². The van der Waals surface area contributed by atoms with E-state index < -0.39 is 5.97 Å². The summed E-state index contributed by atoms with van der Waals surface area (Å²) in [6, 6.07) is 13.2. The summed E-state index contributed by atoms with van der Waals surface area (Å²) in [5.41, 5.74) is 7.12. The van der Waals surface area contributed by atoms with Crippen LogP contribution in [0.4, 0.5) is 5.82 Å². The molecular formula is C20H18N2O5. The Morgan fingerprint density at radius 1 is 1.15 bits per heavy atom. The summed E-state index contributed by atoms with van der Waals surface area (Å²) in [7, 11) is 1.29. The van der Waals surface area contributed by atoms with E-state index in [4.69, 9.17) is 24.7 Å². The summed E-state index contributed by atoms with van der Waals surface area (Å²) in [5.74, 6) is 0.917. The summed E-state index contributed by atoms with van der Waals surface area (Å²) in [4.78, 5) is 16.5. The average molecular weight is 366 g/mol. The van der Waals surface area contributed by atoms with E-state index in [-0.39, 0.29) is 18.1 Å². The van der Waals surface area contributed by atoms with Gasteiger partial charge in [-0.2, -0.15) is 0 Å². The Hall–Kier alpha value is -3.48. The van der Waals surface area contributed by atoms with Gasteiger partial charge in [0, 0.05) is 5.39 Å². The van der Waals surface area contributed by atoms with Gasteiger partial charge in [-0.25, -0.2) is 9.78 Å². The molecule has 0 fully saturated rings. The van der Waals surface area contributed by atoms with E-state index in [2.05, 4.69) is 4.98 Å². The van der Waals surface area contributed by atoms with Crippen LogP contribution < -0.4 is 19.9 Å². The normalized spacial score (nSPS) is 12.6. The smallest absolute Gasteiger partial charge is 0.360 e. The zero-order valence-corrected chi connectivity index (χ0v) is 14.7. The summed E-state index contributed by atoms with van der Waals surface area (Å²) in [6.07, 6.45) is 0. The lowest BCUT2D eigenvalue weighted by molar-refractivity contribution is 0.0589. The Morgan fingerprint density at radius 3 is 2.70 bits per heavy atom. The van der Waals surface area contributed by atoms with E-state index in [1.54, 1.807) is 12.1 Å². The molecule has 2 heterocycles. The van der Waals surface area contributed by atoms with E-state index in [9.17, 15) is 4.79 Å². The van der Waals surface area contributed by atoms with Gasteiger partial charge in [0.05, 0.1) is 12.5 Å². The van der Waals surface area contributed by atoms with Crippen LogP contribution in [0.3, 0.4) is 0 Å². The number of hydrogen-bond donors (Lipinski definition) is 1. The van der Waals surface area contributed by atoms with Crippen LogP contribution in [0.15, 0.2) is 42.5 Å². The average Bonchev–Trinajstić information content (AvgIpc) is 2.72. The van der Waals surface area contributed by atoms with E-state index in [0.717, 1.165) is 5.56 Å².